The van der Waals surface area contributed by atoms with Gasteiger partial charge in [0.1, 0.15) is 6.54 Å². The summed E-state index contributed by atoms with van der Waals surface area (Å²) in [6, 6.07) is 4.70. The van der Waals surface area contributed by atoms with Crippen LogP contribution in [0.3, 0.4) is 0 Å². The maximum atomic E-state index is 12.7. The summed E-state index contributed by atoms with van der Waals surface area (Å²) in [4.78, 5) is 12.6. The fourth-order valence-electron chi connectivity index (χ4n) is 1.54. The molecule has 0 saturated carbocycles. The Morgan fingerprint density at radius 3 is 2.65 bits per heavy atom. The molecule has 2 aromatic rings. The van der Waals surface area contributed by atoms with E-state index in [1.54, 1.807) is 0 Å². The average Bonchev–Trinajstić information content (AvgIpc) is 2.73. The van der Waals surface area contributed by atoms with Crippen LogP contribution in [0, 0.1) is 0 Å². The minimum Gasteiger partial charge on any atom is -0.381 e. The molecule has 106 valence electrons. The molecular formula is C11H10F3N5O. The van der Waals surface area contributed by atoms with E-state index in [1.165, 1.54) is 24.4 Å². The maximum absolute atomic E-state index is 12.7. The number of aromatic nitrogens is 3. The van der Waals surface area contributed by atoms with Gasteiger partial charge in [-0.2, -0.15) is 23.1 Å². The van der Waals surface area contributed by atoms with Crippen LogP contribution < -0.4 is 11.1 Å². The highest BCUT2D eigenvalue weighted by molar-refractivity contribution is 5.91. The summed E-state index contributed by atoms with van der Waals surface area (Å²) in [6.45, 7) is -0.330. The van der Waals surface area contributed by atoms with Crippen molar-refractivity contribution in [1.29, 1.82) is 0 Å². The van der Waals surface area contributed by atoms with Crippen LogP contribution in [0.25, 0.3) is 0 Å². The standard InChI is InChI=1S/C11H10F3N5O/c12-11(13,14)7-3-1-2-4-8(7)17-10(20)6-19-16-5-9(15)18-19/h1-5H,6H2,(H2,15,18)(H,17,20). The lowest BCUT2D eigenvalue weighted by Gasteiger charge is -2.13. The van der Waals surface area contributed by atoms with E-state index in [-0.39, 0.29) is 18.1 Å². The summed E-state index contributed by atoms with van der Waals surface area (Å²) in [5.74, 6) is -0.564. The van der Waals surface area contributed by atoms with E-state index in [1.807, 2.05) is 0 Å². The molecule has 3 N–H and O–H groups in total. The molecule has 1 heterocycles. The Morgan fingerprint density at radius 2 is 2.05 bits per heavy atom. The third kappa shape index (κ3) is 3.25. The number of para-hydroxylation sites is 1. The highest BCUT2D eigenvalue weighted by Crippen LogP contribution is 2.34. The molecule has 0 unspecified atom stereocenters. The Balaban J connectivity index is 2.12. The second-order valence-electron chi connectivity index (χ2n) is 3.89. The van der Waals surface area contributed by atoms with E-state index in [0.29, 0.717) is 0 Å². The number of nitrogens with zero attached hydrogens (tertiary/aromatic N) is 3. The summed E-state index contributed by atoms with van der Waals surface area (Å²) in [5.41, 5.74) is 4.08. The summed E-state index contributed by atoms with van der Waals surface area (Å²) < 4.78 is 38.2. The summed E-state index contributed by atoms with van der Waals surface area (Å²) in [5, 5.41) is 9.50. The molecule has 0 radical (unpaired) electrons. The Kier molecular flexibility index (Phi) is 3.59. The number of alkyl halides is 3. The van der Waals surface area contributed by atoms with E-state index >= 15 is 0 Å². The third-order valence-electron chi connectivity index (χ3n) is 2.35. The van der Waals surface area contributed by atoms with Gasteiger partial charge in [0.05, 0.1) is 17.4 Å². The van der Waals surface area contributed by atoms with Gasteiger partial charge < -0.3 is 11.1 Å². The first-order valence-electron chi connectivity index (χ1n) is 5.48. The first kappa shape index (κ1) is 13.8. The van der Waals surface area contributed by atoms with Crippen molar-refractivity contribution in [3.63, 3.8) is 0 Å². The van der Waals surface area contributed by atoms with Crippen molar-refractivity contribution in [3.8, 4) is 0 Å². The second kappa shape index (κ2) is 5.19. The van der Waals surface area contributed by atoms with Gasteiger partial charge in [0.15, 0.2) is 5.82 Å². The van der Waals surface area contributed by atoms with Crippen molar-refractivity contribution in [3.05, 3.63) is 36.0 Å². The van der Waals surface area contributed by atoms with Crippen molar-refractivity contribution in [2.75, 3.05) is 11.1 Å². The molecule has 1 amide bonds. The van der Waals surface area contributed by atoms with Crippen molar-refractivity contribution in [2.24, 2.45) is 0 Å². The number of carbonyl (C=O) groups is 1. The van der Waals surface area contributed by atoms with Crippen molar-refractivity contribution in [1.82, 2.24) is 15.0 Å². The number of carbonyl (C=O) groups excluding carboxylic acids is 1. The minimum absolute atomic E-state index is 0.119. The minimum atomic E-state index is -4.54. The lowest BCUT2D eigenvalue weighted by molar-refractivity contribution is -0.137. The predicted octanol–water partition coefficient (Wildman–Crippen LogP) is 1.52. The first-order chi connectivity index (χ1) is 9.36. The van der Waals surface area contributed by atoms with E-state index in [4.69, 9.17) is 5.73 Å². The van der Waals surface area contributed by atoms with E-state index in [2.05, 4.69) is 15.5 Å². The Labute approximate surface area is 111 Å². The molecule has 0 atom stereocenters. The van der Waals surface area contributed by atoms with Crippen LogP contribution in [0.5, 0.6) is 0 Å². The number of hydrogen-bond donors (Lipinski definition) is 2. The van der Waals surface area contributed by atoms with Gasteiger partial charge >= 0.3 is 6.18 Å². The normalized spacial score (nSPS) is 11.3. The SMILES string of the molecule is Nc1cnn(CC(=O)Nc2ccccc2C(F)(F)F)n1. The summed E-state index contributed by atoms with van der Waals surface area (Å²) in [6.07, 6.45) is -3.31. The number of nitrogen functional groups attached to an aromatic ring is 1. The lowest BCUT2D eigenvalue weighted by Crippen LogP contribution is -2.22. The fraction of sp³-hybridized carbons (Fsp3) is 0.182. The van der Waals surface area contributed by atoms with Gasteiger partial charge in [0, 0.05) is 0 Å². The number of anilines is 2. The molecule has 0 aliphatic carbocycles. The average molecular weight is 285 g/mol. The number of benzene rings is 1. The number of rotatable bonds is 3. The van der Waals surface area contributed by atoms with Gasteiger partial charge in [-0.05, 0) is 12.1 Å². The molecule has 0 aliphatic rings. The smallest absolute Gasteiger partial charge is 0.381 e. The second-order valence-corrected chi connectivity index (χ2v) is 3.89. The number of nitrogens with one attached hydrogen (secondary N) is 1. The maximum Gasteiger partial charge on any atom is 0.418 e. The molecule has 0 aliphatic heterocycles. The van der Waals surface area contributed by atoms with Gasteiger partial charge in [-0.1, -0.05) is 12.1 Å². The molecule has 0 spiro atoms. The van der Waals surface area contributed by atoms with Gasteiger partial charge in [0.2, 0.25) is 5.91 Å². The Bertz CT molecular complexity index is 623. The van der Waals surface area contributed by atoms with Crippen molar-refractivity contribution in [2.45, 2.75) is 12.7 Å². The molecule has 0 saturated heterocycles. The van der Waals surface area contributed by atoms with Crippen LogP contribution in [-0.2, 0) is 17.5 Å². The van der Waals surface area contributed by atoms with Crippen LogP contribution in [0.4, 0.5) is 24.7 Å². The molecule has 0 fully saturated rings. The highest BCUT2D eigenvalue weighted by Gasteiger charge is 2.33. The third-order valence-corrected chi connectivity index (χ3v) is 2.35. The van der Waals surface area contributed by atoms with Crippen LogP contribution in [0.15, 0.2) is 30.5 Å². The first-order valence-corrected chi connectivity index (χ1v) is 5.48. The molecule has 20 heavy (non-hydrogen) atoms. The topological polar surface area (TPSA) is 85.8 Å². The summed E-state index contributed by atoms with van der Waals surface area (Å²) >= 11 is 0. The van der Waals surface area contributed by atoms with E-state index in [0.717, 1.165) is 10.9 Å². The highest BCUT2D eigenvalue weighted by atomic mass is 19.4. The fourth-order valence-corrected chi connectivity index (χ4v) is 1.54. The number of amides is 1. The number of nitrogens with two attached hydrogens (primary N) is 1. The van der Waals surface area contributed by atoms with Gasteiger partial charge in [-0.25, -0.2) is 0 Å². The molecule has 9 heteroatoms. The molecule has 0 bridgehead atoms. The molecular weight excluding hydrogens is 275 g/mol. The molecule has 2 rings (SSSR count). The zero-order valence-electron chi connectivity index (χ0n) is 10.1. The quantitative estimate of drug-likeness (QED) is 0.895. The van der Waals surface area contributed by atoms with E-state index < -0.39 is 17.6 Å². The lowest BCUT2D eigenvalue weighted by atomic mass is 10.1. The van der Waals surface area contributed by atoms with Crippen LogP contribution in [0.2, 0.25) is 0 Å². The number of hydrogen-bond acceptors (Lipinski definition) is 4. The largest absolute Gasteiger partial charge is 0.418 e. The van der Waals surface area contributed by atoms with E-state index in [9.17, 15) is 18.0 Å². The molecule has 1 aromatic heterocycles. The zero-order valence-corrected chi connectivity index (χ0v) is 10.1. The monoisotopic (exact) mass is 285 g/mol. The van der Waals surface area contributed by atoms with Crippen molar-refractivity contribution < 1.29 is 18.0 Å². The van der Waals surface area contributed by atoms with Crippen LogP contribution in [-0.4, -0.2) is 20.9 Å². The van der Waals surface area contributed by atoms with Gasteiger partial charge in [0.25, 0.3) is 0 Å². The molecule has 1 aromatic carbocycles. The molecule has 6 nitrogen and oxygen atoms in total. The Morgan fingerprint density at radius 1 is 1.35 bits per heavy atom. The predicted molar refractivity (Wildman–Crippen MR) is 64.5 cm³/mol. The van der Waals surface area contributed by atoms with Gasteiger partial charge in [-0.15, -0.1) is 5.10 Å². The zero-order chi connectivity index (χ0) is 14.8. The number of halogens is 3. The Hall–Kier alpha value is -2.58. The van der Waals surface area contributed by atoms with Crippen molar-refractivity contribution >= 4 is 17.4 Å². The van der Waals surface area contributed by atoms with Gasteiger partial charge in [-0.3, -0.25) is 4.79 Å². The summed E-state index contributed by atoms with van der Waals surface area (Å²) in [7, 11) is 0. The van der Waals surface area contributed by atoms with Crippen LogP contribution >= 0.6 is 0 Å². The van der Waals surface area contributed by atoms with Crippen LogP contribution in [0.1, 0.15) is 5.56 Å².